The normalized spacial score (nSPS) is 12.6. The highest BCUT2D eigenvalue weighted by Crippen LogP contribution is 2.51. The molecule has 390 valence electrons. The SMILES string of the molecule is CCCCCCCCN(CCCCCCCC)c1ccc(-c2cc3sc(-c4c5nsnc5c(-c5cc6c(s5)c5sc(CC(CC)CCCC)cc5n6CCCCCC)c5nc(CC)c(CC)nc45)cc3s2)cc1. The molecule has 73 heavy (non-hydrogen) atoms. The van der Waals surface area contributed by atoms with Gasteiger partial charge in [-0.3, -0.25) is 0 Å². The third kappa shape index (κ3) is 12.3. The first-order valence-electron chi connectivity index (χ1n) is 28.8. The topological polar surface area (TPSA) is 59.7 Å². The summed E-state index contributed by atoms with van der Waals surface area (Å²) in [7, 11) is 0. The standard InChI is InChI=1S/C62H82N6S5/c1-8-15-19-22-24-26-34-67(35-27-25-23-20-16-9-2)44-32-30-43(31-33-44)50-40-51-52(70-50)41-54(71-51)56-58-57(63-46(13-6)47(14-7)64-58)55(59-60(56)66-73-65-59)53-39-49-62(72-53)61-48(68(49)36-28-21-17-10-3)38-45(69-61)37-42(12-5)29-18-11-4/h30-33,38-42H,8-29,34-37H2,1-7H3. The lowest BCUT2D eigenvalue weighted by Gasteiger charge is -2.25. The number of aryl methyl sites for hydroxylation is 3. The van der Waals surface area contributed by atoms with Gasteiger partial charge in [-0.25, -0.2) is 9.97 Å². The molecule has 0 bridgehead atoms. The monoisotopic (exact) mass is 1070 g/mol. The summed E-state index contributed by atoms with van der Waals surface area (Å²) in [6, 6.07) is 19.3. The number of hydrogen-bond acceptors (Lipinski definition) is 10. The number of nitrogens with zero attached hydrogens (tertiary/aromatic N) is 6. The molecule has 0 aliphatic rings. The number of benzene rings is 2. The van der Waals surface area contributed by atoms with E-state index in [0.717, 1.165) is 83.0 Å². The summed E-state index contributed by atoms with van der Waals surface area (Å²) in [5.74, 6) is 0.749. The molecule has 0 N–H and O–H groups in total. The lowest BCUT2D eigenvalue weighted by Crippen LogP contribution is -2.25. The number of fused-ring (bicyclic) bond motifs is 6. The Bertz CT molecular complexity index is 3110. The van der Waals surface area contributed by atoms with E-state index >= 15 is 0 Å². The van der Waals surface area contributed by atoms with Gasteiger partial charge in [-0.2, -0.15) is 8.75 Å². The van der Waals surface area contributed by atoms with Crippen LogP contribution in [-0.4, -0.2) is 36.4 Å². The van der Waals surface area contributed by atoms with Crippen LogP contribution < -0.4 is 4.90 Å². The minimum absolute atomic E-state index is 0.749. The van der Waals surface area contributed by atoms with Gasteiger partial charge in [0.05, 0.1) is 43.5 Å². The average molecular weight is 1070 g/mol. The Balaban J connectivity index is 1.06. The molecule has 1 atom stereocenters. The Hall–Kier alpha value is -3.74. The lowest BCUT2D eigenvalue weighted by molar-refractivity contribution is 0.452. The Labute approximate surface area is 457 Å². The number of rotatable bonds is 31. The maximum Gasteiger partial charge on any atom is 0.116 e. The Morgan fingerprint density at radius 2 is 1.03 bits per heavy atom. The van der Waals surface area contributed by atoms with Gasteiger partial charge in [-0.15, -0.1) is 45.3 Å². The van der Waals surface area contributed by atoms with E-state index in [-0.39, 0.29) is 0 Å². The van der Waals surface area contributed by atoms with Crippen molar-refractivity contribution >= 4 is 115 Å². The van der Waals surface area contributed by atoms with Crippen molar-refractivity contribution in [3.63, 3.8) is 0 Å². The van der Waals surface area contributed by atoms with Crippen molar-refractivity contribution in [2.75, 3.05) is 18.0 Å². The van der Waals surface area contributed by atoms with Gasteiger partial charge in [-0.05, 0) is 86.4 Å². The summed E-state index contributed by atoms with van der Waals surface area (Å²) in [6.07, 6.45) is 29.1. The fraction of sp³-hybridized carbons (Fsp3) is 0.548. The van der Waals surface area contributed by atoms with E-state index in [2.05, 4.69) is 106 Å². The first-order chi connectivity index (χ1) is 35.9. The van der Waals surface area contributed by atoms with Crippen LogP contribution in [0.15, 0.2) is 48.5 Å². The maximum absolute atomic E-state index is 5.59. The fourth-order valence-electron chi connectivity index (χ4n) is 11.2. The molecule has 1 unspecified atom stereocenters. The molecule has 9 aromatic rings. The number of hydrogen-bond donors (Lipinski definition) is 0. The van der Waals surface area contributed by atoms with E-state index in [1.54, 1.807) is 4.88 Å². The second-order valence-corrected chi connectivity index (χ2v) is 25.7. The second kappa shape index (κ2) is 26.3. The van der Waals surface area contributed by atoms with Crippen LogP contribution in [0.3, 0.4) is 0 Å². The molecule has 0 aliphatic carbocycles. The van der Waals surface area contributed by atoms with Crippen LogP contribution in [0.25, 0.3) is 83.2 Å². The van der Waals surface area contributed by atoms with E-state index < -0.39 is 0 Å². The molecule has 9 rings (SSSR count). The zero-order chi connectivity index (χ0) is 50.7. The molecule has 7 aromatic heterocycles. The van der Waals surface area contributed by atoms with Crippen LogP contribution in [-0.2, 0) is 25.8 Å². The van der Waals surface area contributed by atoms with Gasteiger partial charge in [0.2, 0.25) is 0 Å². The van der Waals surface area contributed by atoms with E-state index in [9.17, 15) is 0 Å². The number of anilines is 1. The Morgan fingerprint density at radius 3 is 1.62 bits per heavy atom. The van der Waals surface area contributed by atoms with E-state index in [0.29, 0.717) is 0 Å². The summed E-state index contributed by atoms with van der Waals surface area (Å²) in [5.41, 5.74) is 13.6. The minimum Gasteiger partial charge on any atom is -0.372 e. The van der Waals surface area contributed by atoms with Crippen molar-refractivity contribution < 1.29 is 0 Å². The molecule has 11 heteroatoms. The van der Waals surface area contributed by atoms with Crippen molar-refractivity contribution in [1.82, 2.24) is 23.3 Å². The Kier molecular flexibility index (Phi) is 19.5. The zero-order valence-electron chi connectivity index (χ0n) is 45.3. The largest absolute Gasteiger partial charge is 0.372 e. The zero-order valence-corrected chi connectivity index (χ0v) is 49.4. The van der Waals surface area contributed by atoms with Crippen LogP contribution in [0.5, 0.6) is 0 Å². The van der Waals surface area contributed by atoms with Crippen LogP contribution >= 0.6 is 57.1 Å². The van der Waals surface area contributed by atoms with Crippen molar-refractivity contribution in [2.45, 2.75) is 203 Å². The lowest BCUT2D eigenvalue weighted by atomic mass is 9.95. The van der Waals surface area contributed by atoms with Crippen molar-refractivity contribution in [2.24, 2.45) is 5.92 Å². The van der Waals surface area contributed by atoms with Gasteiger partial charge in [0.15, 0.2) is 0 Å². The van der Waals surface area contributed by atoms with Gasteiger partial charge in [0, 0.05) is 65.4 Å². The first-order valence-corrected chi connectivity index (χ1v) is 32.8. The quantitative estimate of drug-likeness (QED) is 0.0405. The fourth-order valence-corrected chi connectivity index (χ4v) is 16.8. The van der Waals surface area contributed by atoms with Crippen molar-refractivity contribution in [1.29, 1.82) is 0 Å². The van der Waals surface area contributed by atoms with Gasteiger partial charge in [-0.1, -0.05) is 170 Å². The molecular formula is C62H82N6S5. The van der Waals surface area contributed by atoms with E-state index in [1.165, 1.54) is 202 Å². The molecule has 0 saturated heterocycles. The highest BCUT2D eigenvalue weighted by Gasteiger charge is 2.28. The molecule has 0 saturated carbocycles. The van der Waals surface area contributed by atoms with E-state index in [1.807, 2.05) is 45.3 Å². The van der Waals surface area contributed by atoms with Crippen LogP contribution in [0.2, 0.25) is 0 Å². The molecular weight excluding hydrogens is 989 g/mol. The van der Waals surface area contributed by atoms with Crippen LogP contribution in [0, 0.1) is 5.92 Å². The molecule has 0 aliphatic heterocycles. The molecule has 2 aromatic carbocycles. The molecule has 0 spiro atoms. The molecule has 6 nitrogen and oxygen atoms in total. The number of aromatic nitrogens is 5. The third-order valence-electron chi connectivity index (χ3n) is 15.5. The summed E-state index contributed by atoms with van der Waals surface area (Å²) >= 11 is 9.08. The van der Waals surface area contributed by atoms with Crippen LogP contribution in [0.1, 0.15) is 193 Å². The molecule has 0 radical (unpaired) electrons. The predicted octanol–water partition coefficient (Wildman–Crippen LogP) is 21.1. The summed E-state index contributed by atoms with van der Waals surface area (Å²) in [5, 5.41) is 0. The third-order valence-corrected chi connectivity index (χ3v) is 20.8. The van der Waals surface area contributed by atoms with Crippen LogP contribution in [0.4, 0.5) is 5.69 Å². The molecule has 7 heterocycles. The van der Waals surface area contributed by atoms with E-state index in [4.69, 9.17) is 18.7 Å². The maximum atomic E-state index is 5.59. The first kappa shape index (κ1) is 54.1. The highest BCUT2D eigenvalue weighted by molar-refractivity contribution is 7.31. The smallest absolute Gasteiger partial charge is 0.116 e. The molecule has 0 fully saturated rings. The predicted molar refractivity (Wildman–Crippen MR) is 328 cm³/mol. The van der Waals surface area contributed by atoms with Gasteiger partial charge >= 0.3 is 0 Å². The number of unbranched alkanes of at least 4 members (excludes halogenated alkanes) is 14. The average Bonchev–Trinajstić information content (AvgIpc) is 4.29. The molecule has 0 amide bonds. The highest BCUT2D eigenvalue weighted by atomic mass is 32.1. The van der Waals surface area contributed by atoms with Crippen molar-refractivity contribution in [3.05, 3.63) is 64.8 Å². The van der Waals surface area contributed by atoms with Gasteiger partial charge < -0.3 is 9.47 Å². The second-order valence-electron chi connectivity index (χ2n) is 20.8. The van der Waals surface area contributed by atoms with Gasteiger partial charge in [0.25, 0.3) is 0 Å². The Morgan fingerprint density at radius 1 is 0.507 bits per heavy atom. The minimum atomic E-state index is 0.749. The summed E-state index contributed by atoms with van der Waals surface area (Å²) in [6.45, 7) is 19.4. The van der Waals surface area contributed by atoms with Gasteiger partial charge in [0.1, 0.15) is 22.1 Å². The van der Waals surface area contributed by atoms with Crippen molar-refractivity contribution in [3.8, 4) is 31.3 Å². The summed E-state index contributed by atoms with van der Waals surface area (Å²) in [4.78, 5) is 19.1. The number of thiophene rings is 4. The summed E-state index contributed by atoms with van der Waals surface area (Å²) < 4.78 is 18.4.